The Balaban J connectivity index is -0.000000772. The second-order valence-electron chi connectivity index (χ2n) is 17.1. The van der Waals surface area contributed by atoms with Gasteiger partial charge in [0.15, 0.2) is 0 Å². The van der Waals surface area contributed by atoms with E-state index in [0.29, 0.717) is 6.42 Å². The molecule has 0 fully saturated rings. The van der Waals surface area contributed by atoms with Gasteiger partial charge in [-0.1, -0.05) is 221 Å². The summed E-state index contributed by atoms with van der Waals surface area (Å²) in [7, 11) is 0. The zero-order chi connectivity index (χ0) is 43.0. The number of hydrogen-bond acceptors (Lipinski definition) is 6. The van der Waals surface area contributed by atoms with E-state index in [9.17, 15) is 30.3 Å². The molecule has 0 heterocycles. The Labute approximate surface area is 354 Å². The second kappa shape index (κ2) is 50.3. The van der Waals surface area contributed by atoms with Gasteiger partial charge >= 0.3 is 0 Å². The predicted octanol–water partition coefficient (Wildman–Crippen LogP) is 17.2. The van der Waals surface area contributed by atoms with Crippen LogP contribution in [0.5, 0.6) is 0 Å². The molecule has 0 radical (unpaired) electrons. The first-order chi connectivity index (χ1) is 27.7. The number of nitro groups is 3. The van der Waals surface area contributed by atoms with Gasteiger partial charge in [-0.25, -0.2) is 0 Å². The van der Waals surface area contributed by atoms with E-state index in [0.717, 1.165) is 77.0 Å². The third kappa shape index (κ3) is 48.5. The monoisotopic (exact) mass is 814 g/mol. The highest BCUT2D eigenvalue weighted by Gasteiger charge is 2.19. The van der Waals surface area contributed by atoms with E-state index in [1.54, 1.807) is 0 Å². The van der Waals surface area contributed by atoms with Crippen molar-refractivity contribution in [1.82, 2.24) is 0 Å². The molecule has 0 aromatic rings. The van der Waals surface area contributed by atoms with Crippen LogP contribution in [0.25, 0.3) is 0 Å². The molecule has 0 aromatic heterocycles. The van der Waals surface area contributed by atoms with Crippen LogP contribution in [0.15, 0.2) is 0 Å². The van der Waals surface area contributed by atoms with Crippen molar-refractivity contribution in [2.24, 2.45) is 0 Å². The Bertz CT molecular complexity index is 830. The van der Waals surface area contributed by atoms with E-state index in [4.69, 9.17) is 0 Å². The average Bonchev–Trinajstić information content (AvgIpc) is 3.19. The van der Waals surface area contributed by atoms with E-state index in [2.05, 4.69) is 34.6 Å². The van der Waals surface area contributed by atoms with E-state index in [1.807, 2.05) is 6.92 Å². The summed E-state index contributed by atoms with van der Waals surface area (Å²) in [5.74, 6) is 0. The van der Waals surface area contributed by atoms with Gasteiger partial charge in [0.25, 0.3) is 0 Å². The van der Waals surface area contributed by atoms with Crippen LogP contribution >= 0.6 is 0 Å². The SMILES string of the molecule is CCCCCCCCCC(CCCCCC)[N+](=O)[O-].CCCCCCCCCC(CCCCCCCC)[N+](=O)[O-].CCCCCCCCCCCC(CC)[N+](=O)[O-]. The molecule has 9 nitrogen and oxygen atoms in total. The quantitative estimate of drug-likeness (QED) is 0.0343. The van der Waals surface area contributed by atoms with E-state index < -0.39 is 0 Å². The van der Waals surface area contributed by atoms with Crippen LogP contribution in [0.4, 0.5) is 0 Å². The molecule has 0 amide bonds. The average molecular weight is 814 g/mol. The standard InChI is InChI=1S/C18H37NO2.C16H33NO2.C14H29NO2/c1-3-5-7-9-11-13-15-17-18(19(20)21)16-14-12-10-8-6-4-2;1-3-5-7-9-10-11-13-15-16(17(18)19)14-12-8-6-4-2;1-3-5-6-7-8-9-10-11-12-13-14(4-2)15(16)17/h18H,3-17H2,1-2H3;16H,3-15H2,1-2H3;14H,3-13H2,1-2H3. The highest BCUT2D eigenvalue weighted by molar-refractivity contribution is 4.61. The lowest BCUT2D eigenvalue weighted by atomic mass is 10.0. The normalized spacial score (nSPS) is 12.5. The molecule has 342 valence electrons. The Kier molecular flexibility index (Phi) is 52.6. The largest absolute Gasteiger partial charge is 0.264 e. The molecule has 0 rings (SSSR count). The first-order valence-electron chi connectivity index (χ1n) is 25.1. The predicted molar refractivity (Wildman–Crippen MR) is 246 cm³/mol. The maximum absolute atomic E-state index is 11.1. The lowest BCUT2D eigenvalue weighted by molar-refractivity contribution is -0.524. The Morgan fingerprint density at radius 3 is 0.596 bits per heavy atom. The summed E-state index contributed by atoms with van der Waals surface area (Å²) in [6, 6.07) is -0.876. The molecular formula is C48H99N3O6. The van der Waals surface area contributed by atoms with Gasteiger partial charge in [0.2, 0.25) is 18.1 Å². The van der Waals surface area contributed by atoms with Gasteiger partial charge in [0, 0.05) is 53.3 Å². The summed E-state index contributed by atoms with van der Waals surface area (Å²) in [5.41, 5.74) is 0. The van der Waals surface area contributed by atoms with E-state index >= 15 is 0 Å². The third-order valence-corrected chi connectivity index (χ3v) is 11.6. The van der Waals surface area contributed by atoms with Crippen LogP contribution in [0.3, 0.4) is 0 Å². The first kappa shape index (κ1) is 59.5. The second-order valence-corrected chi connectivity index (χ2v) is 17.1. The first-order valence-corrected chi connectivity index (χ1v) is 25.1. The highest BCUT2D eigenvalue weighted by atomic mass is 16.6. The van der Waals surface area contributed by atoms with Crippen LogP contribution < -0.4 is 0 Å². The molecule has 0 saturated heterocycles. The Morgan fingerprint density at radius 1 is 0.263 bits per heavy atom. The van der Waals surface area contributed by atoms with Gasteiger partial charge in [-0.3, -0.25) is 30.3 Å². The number of rotatable bonds is 42. The summed E-state index contributed by atoms with van der Waals surface area (Å²) in [5, 5.41) is 32.7. The topological polar surface area (TPSA) is 129 Å². The maximum atomic E-state index is 11.1. The van der Waals surface area contributed by atoms with Crippen LogP contribution in [0, 0.1) is 30.3 Å². The molecule has 3 unspecified atom stereocenters. The van der Waals surface area contributed by atoms with Gasteiger partial charge in [-0.2, -0.15) is 0 Å². The lowest BCUT2D eigenvalue weighted by Crippen LogP contribution is -2.19. The van der Waals surface area contributed by atoms with Crippen LogP contribution in [-0.4, -0.2) is 32.9 Å². The molecule has 0 spiro atoms. The number of nitrogens with zero attached hydrogens (tertiary/aromatic N) is 3. The van der Waals surface area contributed by atoms with Crippen LogP contribution in [0.1, 0.15) is 292 Å². The molecule has 0 aliphatic carbocycles. The fourth-order valence-electron chi connectivity index (χ4n) is 7.50. The maximum Gasteiger partial charge on any atom is 0.213 e. The highest BCUT2D eigenvalue weighted by Crippen LogP contribution is 2.18. The minimum absolute atomic E-state index is 0.0386. The van der Waals surface area contributed by atoms with Crippen LogP contribution in [0.2, 0.25) is 0 Å². The smallest absolute Gasteiger partial charge is 0.213 e. The zero-order valence-electron chi connectivity index (χ0n) is 39.1. The van der Waals surface area contributed by atoms with Gasteiger partial charge in [-0.15, -0.1) is 0 Å². The van der Waals surface area contributed by atoms with Crippen molar-refractivity contribution >= 4 is 0 Å². The summed E-state index contributed by atoms with van der Waals surface area (Å²) >= 11 is 0. The molecule has 0 aliphatic rings. The summed E-state index contributed by atoms with van der Waals surface area (Å²) in [4.78, 5) is 32.4. The van der Waals surface area contributed by atoms with E-state index in [-0.39, 0.29) is 32.9 Å². The lowest BCUT2D eigenvalue weighted by Gasteiger charge is -2.09. The van der Waals surface area contributed by atoms with Crippen molar-refractivity contribution in [3.8, 4) is 0 Å². The molecule has 57 heavy (non-hydrogen) atoms. The Morgan fingerprint density at radius 2 is 0.421 bits per heavy atom. The van der Waals surface area contributed by atoms with Gasteiger partial charge in [-0.05, 0) is 32.1 Å². The number of hydrogen-bond donors (Lipinski definition) is 0. The van der Waals surface area contributed by atoms with Crippen molar-refractivity contribution in [3.63, 3.8) is 0 Å². The molecule has 0 bridgehead atoms. The molecular weight excluding hydrogens is 715 g/mol. The van der Waals surface area contributed by atoms with Gasteiger partial charge < -0.3 is 0 Å². The third-order valence-electron chi connectivity index (χ3n) is 11.6. The summed E-state index contributed by atoms with van der Waals surface area (Å²) in [6.07, 6.45) is 45.3. The fourth-order valence-corrected chi connectivity index (χ4v) is 7.50. The van der Waals surface area contributed by atoms with Gasteiger partial charge in [0.05, 0.1) is 0 Å². The summed E-state index contributed by atoms with van der Waals surface area (Å²) in [6.45, 7) is 13.0. The van der Waals surface area contributed by atoms with Crippen molar-refractivity contribution in [2.75, 3.05) is 0 Å². The van der Waals surface area contributed by atoms with Crippen molar-refractivity contribution < 1.29 is 14.8 Å². The fraction of sp³-hybridized carbons (Fsp3) is 1.00. The van der Waals surface area contributed by atoms with Gasteiger partial charge in [0.1, 0.15) is 0 Å². The van der Waals surface area contributed by atoms with Crippen LogP contribution in [-0.2, 0) is 0 Å². The molecule has 0 aliphatic heterocycles. The molecule has 0 saturated carbocycles. The minimum Gasteiger partial charge on any atom is -0.264 e. The zero-order valence-corrected chi connectivity index (χ0v) is 39.1. The molecule has 3 atom stereocenters. The van der Waals surface area contributed by atoms with E-state index in [1.165, 1.54) is 167 Å². The molecule has 9 heteroatoms. The van der Waals surface area contributed by atoms with Crippen molar-refractivity contribution in [1.29, 1.82) is 0 Å². The number of unbranched alkanes of at least 4 members (excludes halogenated alkanes) is 28. The summed E-state index contributed by atoms with van der Waals surface area (Å²) < 4.78 is 0. The van der Waals surface area contributed by atoms with Crippen molar-refractivity contribution in [2.45, 2.75) is 310 Å². The minimum atomic E-state index is -0.306. The Hall–Kier alpha value is -1.80. The van der Waals surface area contributed by atoms with Crippen molar-refractivity contribution in [3.05, 3.63) is 30.3 Å². The molecule has 0 N–H and O–H groups in total. The molecule has 0 aromatic carbocycles.